The second kappa shape index (κ2) is 6.65. The van der Waals surface area contributed by atoms with E-state index in [4.69, 9.17) is 25.7 Å². The lowest BCUT2D eigenvalue weighted by atomic mass is 9.94. The predicted octanol–water partition coefficient (Wildman–Crippen LogP) is 0.157. The van der Waals surface area contributed by atoms with E-state index in [-0.39, 0.29) is 6.42 Å². The molecule has 0 aliphatic heterocycles. The van der Waals surface area contributed by atoms with Gasteiger partial charge in [0.25, 0.3) is 0 Å². The van der Waals surface area contributed by atoms with E-state index in [1.54, 1.807) is 12.1 Å². The maximum Gasteiger partial charge on any atom is 0.225 e. The highest BCUT2D eigenvalue weighted by molar-refractivity contribution is 5.88. The first-order chi connectivity index (χ1) is 9.44. The quantitative estimate of drug-likeness (QED) is 0.739. The maximum atomic E-state index is 11.5. The average molecular weight is 282 g/mol. The zero-order valence-electron chi connectivity index (χ0n) is 11.6. The van der Waals surface area contributed by atoms with Gasteiger partial charge in [0, 0.05) is 6.42 Å². The number of rotatable bonds is 7. The van der Waals surface area contributed by atoms with Crippen molar-refractivity contribution in [2.45, 2.75) is 12.3 Å². The van der Waals surface area contributed by atoms with Crippen LogP contribution in [0.2, 0.25) is 0 Å². The number of ether oxygens (including phenoxy) is 3. The molecule has 0 aliphatic carbocycles. The summed E-state index contributed by atoms with van der Waals surface area (Å²) in [4.78, 5) is 22.5. The number of amides is 2. The molecule has 0 saturated heterocycles. The summed E-state index contributed by atoms with van der Waals surface area (Å²) in [5, 5.41) is 0. The van der Waals surface area contributed by atoms with Gasteiger partial charge in [-0.2, -0.15) is 0 Å². The van der Waals surface area contributed by atoms with E-state index in [9.17, 15) is 9.59 Å². The Labute approximate surface area is 116 Å². The van der Waals surface area contributed by atoms with Gasteiger partial charge >= 0.3 is 0 Å². The molecule has 110 valence electrons. The molecule has 0 bridgehead atoms. The highest BCUT2D eigenvalue weighted by Gasteiger charge is 2.24. The number of nitrogens with two attached hydrogens (primary N) is 2. The summed E-state index contributed by atoms with van der Waals surface area (Å²) in [5.41, 5.74) is 10.9. The summed E-state index contributed by atoms with van der Waals surface area (Å²) in [6.07, 6.45) is -0.187. The van der Waals surface area contributed by atoms with E-state index in [2.05, 4.69) is 0 Å². The standard InChI is InChI=1S/C13H18N2O5/c1-18-9-4-7(5-10(19-2)12(9)20-3)8(13(15)17)6-11(14)16/h4-5,8H,6H2,1-3H3,(H2,14,16)(H2,15,17). The van der Waals surface area contributed by atoms with E-state index in [1.165, 1.54) is 21.3 Å². The molecule has 0 aliphatic rings. The number of hydrogen-bond acceptors (Lipinski definition) is 5. The summed E-state index contributed by atoms with van der Waals surface area (Å²) in [6.45, 7) is 0. The summed E-state index contributed by atoms with van der Waals surface area (Å²) in [6, 6.07) is 3.14. The Morgan fingerprint density at radius 1 is 1.05 bits per heavy atom. The van der Waals surface area contributed by atoms with Crippen molar-refractivity contribution in [2.75, 3.05) is 21.3 Å². The minimum absolute atomic E-state index is 0.187. The second-order valence-corrected chi connectivity index (χ2v) is 4.08. The first kappa shape index (κ1) is 15.6. The lowest BCUT2D eigenvalue weighted by Gasteiger charge is -2.17. The van der Waals surface area contributed by atoms with Gasteiger partial charge in [-0.25, -0.2) is 0 Å². The molecule has 0 saturated carbocycles. The third-order valence-electron chi connectivity index (χ3n) is 2.84. The molecule has 1 rings (SSSR count). The van der Waals surface area contributed by atoms with E-state index < -0.39 is 17.7 Å². The van der Waals surface area contributed by atoms with Crippen LogP contribution < -0.4 is 25.7 Å². The van der Waals surface area contributed by atoms with Crippen LogP contribution in [0.4, 0.5) is 0 Å². The van der Waals surface area contributed by atoms with Crippen molar-refractivity contribution in [3.8, 4) is 17.2 Å². The topological polar surface area (TPSA) is 114 Å². The SMILES string of the molecule is COc1cc(C(CC(N)=O)C(N)=O)cc(OC)c1OC. The molecule has 1 unspecified atom stereocenters. The Bertz CT molecular complexity index is 490. The molecule has 7 nitrogen and oxygen atoms in total. The minimum Gasteiger partial charge on any atom is -0.493 e. The van der Waals surface area contributed by atoms with Crippen LogP contribution in [0.15, 0.2) is 12.1 Å². The Balaban J connectivity index is 3.35. The molecule has 0 spiro atoms. The Morgan fingerprint density at radius 2 is 1.55 bits per heavy atom. The molecule has 7 heteroatoms. The largest absolute Gasteiger partial charge is 0.493 e. The number of methoxy groups -OCH3 is 3. The van der Waals surface area contributed by atoms with E-state index in [0.29, 0.717) is 22.8 Å². The zero-order valence-corrected chi connectivity index (χ0v) is 11.6. The molecular formula is C13H18N2O5. The van der Waals surface area contributed by atoms with Gasteiger partial charge in [0.15, 0.2) is 11.5 Å². The fraction of sp³-hybridized carbons (Fsp3) is 0.385. The molecule has 0 heterocycles. The first-order valence-corrected chi connectivity index (χ1v) is 5.82. The third kappa shape index (κ3) is 3.31. The Morgan fingerprint density at radius 3 is 1.85 bits per heavy atom. The highest BCUT2D eigenvalue weighted by Crippen LogP contribution is 2.40. The summed E-state index contributed by atoms with van der Waals surface area (Å²) in [5.74, 6) is -0.988. The van der Waals surface area contributed by atoms with Crippen LogP contribution in [0.3, 0.4) is 0 Å². The Kier molecular flexibility index (Phi) is 5.19. The maximum absolute atomic E-state index is 11.5. The Hall–Kier alpha value is -2.44. The van der Waals surface area contributed by atoms with Crippen LogP contribution in [-0.2, 0) is 9.59 Å². The van der Waals surface area contributed by atoms with Crippen molar-refractivity contribution in [3.63, 3.8) is 0 Å². The number of hydrogen-bond donors (Lipinski definition) is 2. The normalized spacial score (nSPS) is 11.6. The van der Waals surface area contributed by atoms with Gasteiger partial charge in [-0.05, 0) is 17.7 Å². The van der Waals surface area contributed by atoms with Gasteiger partial charge in [-0.15, -0.1) is 0 Å². The molecule has 20 heavy (non-hydrogen) atoms. The lowest BCUT2D eigenvalue weighted by molar-refractivity contribution is -0.124. The van der Waals surface area contributed by atoms with Gasteiger partial charge in [-0.3, -0.25) is 9.59 Å². The van der Waals surface area contributed by atoms with E-state index >= 15 is 0 Å². The molecule has 1 aromatic rings. The molecular weight excluding hydrogens is 264 g/mol. The summed E-state index contributed by atoms with van der Waals surface area (Å²) in [7, 11) is 4.37. The van der Waals surface area contributed by atoms with Crippen molar-refractivity contribution in [1.82, 2.24) is 0 Å². The van der Waals surface area contributed by atoms with Gasteiger partial charge in [-0.1, -0.05) is 0 Å². The smallest absolute Gasteiger partial charge is 0.225 e. The van der Waals surface area contributed by atoms with Crippen molar-refractivity contribution in [2.24, 2.45) is 11.5 Å². The van der Waals surface area contributed by atoms with Gasteiger partial charge in [0.05, 0.1) is 27.2 Å². The van der Waals surface area contributed by atoms with Gasteiger partial charge in [0.1, 0.15) is 0 Å². The fourth-order valence-corrected chi connectivity index (χ4v) is 1.89. The molecule has 1 aromatic carbocycles. The predicted molar refractivity (Wildman–Crippen MR) is 71.8 cm³/mol. The first-order valence-electron chi connectivity index (χ1n) is 5.82. The molecule has 2 amide bonds. The monoisotopic (exact) mass is 282 g/mol. The molecule has 0 radical (unpaired) electrons. The van der Waals surface area contributed by atoms with Crippen LogP contribution >= 0.6 is 0 Å². The van der Waals surface area contributed by atoms with Crippen molar-refractivity contribution in [3.05, 3.63) is 17.7 Å². The lowest BCUT2D eigenvalue weighted by Crippen LogP contribution is -2.26. The van der Waals surface area contributed by atoms with E-state index in [0.717, 1.165) is 0 Å². The summed E-state index contributed by atoms with van der Waals surface area (Å²) < 4.78 is 15.5. The molecule has 4 N–H and O–H groups in total. The van der Waals surface area contributed by atoms with Gasteiger partial charge < -0.3 is 25.7 Å². The number of benzene rings is 1. The third-order valence-corrected chi connectivity index (χ3v) is 2.84. The minimum atomic E-state index is -0.846. The highest BCUT2D eigenvalue weighted by atomic mass is 16.5. The molecule has 0 fully saturated rings. The summed E-state index contributed by atoms with van der Waals surface area (Å²) >= 11 is 0. The number of carbonyl (C=O) groups excluding carboxylic acids is 2. The average Bonchev–Trinajstić information content (AvgIpc) is 2.42. The van der Waals surface area contributed by atoms with Crippen LogP contribution in [-0.4, -0.2) is 33.1 Å². The number of carbonyl (C=O) groups is 2. The van der Waals surface area contributed by atoms with Gasteiger partial charge in [0.2, 0.25) is 17.6 Å². The van der Waals surface area contributed by atoms with Crippen LogP contribution in [0.5, 0.6) is 17.2 Å². The van der Waals surface area contributed by atoms with Crippen LogP contribution in [0, 0.1) is 0 Å². The van der Waals surface area contributed by atoms with Crippen molar-refractivity contribution in [1.29, 1.82) is 0 Å². The zero-order chi connectivity index (χ0) is 15.3. The van der Waals surface area contributed by atoms with Crippen molar-refractivity contribution >= 4 is 11.8 Å². The molecule has 0 aromatic heterocycles. The fourth-order valence-electron chi connectivity index (χ4n) is 1.89. The molecule has 1 atom stereocenters. The number of primary amides is 2. The van der Waals surface area contributed by atoms with Crippen LogP contribution in [0.1, 0.15) is 17.9 Å². The van der Waals surface area contributed by atoms with Crippen molar-refractivity contribution < 1.29 is 23.8 Å². The van der Waals surface area contributed by atoms with E-state index in [1.807, 2.05) is 0 Å². The van der Waals surface area contributed by atoms with Crippen LogP contribution in [0.25, 0.3) is 0 Å². The second-order valence-electron chi connectivity index (χ2n) is 4.08.